The smallest absolute Gasteiger partial charge is 0.303 e. The minimum absolute atomic E-state index is 0.337. The normalized spacial score (nSPS) is 13.2. The van der Waals surface area contributed by atoms with Gasteiger partial charge in [0, 0.05) is 24.4 Å². The summed E-state index contributed by atoms with van der Waals surface area (Å²) in [7, 11) is 0. The van der Waals surface area contributed by atoms with Crippen LogP contribution in [0.4, 0.5) is 0 Å². The van der Waals surface area contributed by atoms with E-state index in [4.69, 9.17) is 5.11 Å². The zero-order chi connectivity index (χ0) is 27.7. The Morgan fingerprint density at radius 2 is 1.23 bits per heavy atom. The summed E-state index contributed by atoms with van der Waals surface area (Å²) in [4.78, 5) is 19.3. The second-order valence-electron chi connectivity index (χ2n) is 11.0. The third kappa shape index (κ3) is 10.9. The van der Waals surface area contributed by atoms with Crippen molar-refractivity contribution < 1.29 is 9.90 Å². The van der Waals surface area contributed by atoms with Crippen molar-refractivity contribution in [2.24, 2.45) is 0 Å². The quantitative estimate of drug-likeness (QED) is 0.211. The summed E-state index contributed by atoms with van der Waals surface area (Å²) in [5, 5.41) is 8.27. The number of hydrogen-bond acceptors (Lipinski definition) is 3. The Balaban J connectivity index is 0.000000360. The first kappa shape index (κ1) is 30.5. The molecule has 0 radical (unpaired) electrons. The van der Waals surface area contributed by atoms with Gasteiger partial charge in [-0.1, -0.05) is 120 Å². The van der Waals surface area contributed by atoms with Gasteiger partial charge >= 0.3 is 5.97 Å². The van der Waals surface area contributed by atoms with Crippen LogP contribution in [0.1, 0.15) is 121 Å². The molecule has 4 rings (SSSR count). The van der Waals surface area contributed by atoms with Crippen LogP contribution < -0.4 is 0 Å². The Labute approximate surface area is 236 Å². The predicted molar refractivity (Wildman–Crippen MR) is 163 cm³/mol. The highest BCUT2D eigenvalue weighted by Gasteiger charge is 2.17. The fourth-order valence-electron chi connectivity index (χ4n) is 5.27. The molecule has 0 aliphatic heterocycles. The van der Waals surface area contributed by atoms with Crippen LogP contribution in [-0.4, -0.2) is 21.0 Å². The second kappa shape index (κ2) is 17.6. The SMILES string of the molecule is CCCCCCCC(=O)O.CCCCCCc1ccc(-c2ccc(-c3ncc(C4CCCC4)cn3)cc2)cc1. The van der Waals surface area contributed by atoms with Gasteiger partial charge in [0.1, 0.15) is 0 Å². The molecule has 1 aromatic heterocycles. The third-order valence-electron chi connectivity index (χ3n) is 7.74. The van der Waals surface area contributed by atoms with Crippen LogP contribution in [-0.2, 0) is 11.2 Å². The number of aromatic nitrogens is 2. The van der Waals surface area contributed by atoms with Crippen molar-refractivity contribution >= 4 is 5.97 Å². The summed E-state index contributed by atoms with van der Waals surface area (Å²) >= 11 is 0. The number of carbonyl (C=O) groups is 1. The first-order valence-electron chi connectivity index (χ1n) is 15.3. The molecule has 4 heteroatoms. The Hall–Kier alpha value is -3.01. The number of carboxylic acid groups (broad SMARTS) is 1. The highest BCUT2D eigenvalue weighted by atomic mass is 16.4. The van der Waals surface area contributed by atoms with Crippen molar-refractivity contribution in [3.63, 3.8) is 0 Å². The maximum Gasteiger partial charge on any atom is 0.303 e. The number of hydrogen-bond donors (Lipinski definition) is 1. The third-order valence-corrected chi connectivity index (χ3v) is 7.74. The van der Waals surface area contributed by atoms with Crippen molar-refractivity contribution in [2.75, 3.05) is 0 Å². The standard InChI is InChI=1S/C27H32N2.C8H16O2/c1-2-3-4-5-8-21-11-13-23(14-12-21)24-15-17-25(18-16-24)27-28-19-26(20-29-27)22-9-6-7-10-22;1-2-3-4-5-6-7-8(9)10/h11-20,22H,2-10H2,1H3;2-7H2,1H3,(H,9,10). The van der Waals surface area contributed by atoms with Gasteiger partial charge in [-0.3, -0.25) is 4.79 Å². The second-order valence-corrected chi connectivity index (χ2v) is 11.0. The molecule has 210 valence electrons. The summed E-state index contributed by atoms with van der Waals surface area (Å²) in [6.45, 7) is 4.41. The molecule has 0 unspecified atom stereocenters. The highest BCUT2D eigenvalue weighted by Crippen LogP contribution is 2.33. The number of aryl methyl sites for hydroxylation is 1. The number of aliphatic carboxylic acids is 1. The lowest BCUT2D eigenvalue weighted by atomic mass is 10.00. The Morgan fingerprint density at radius 1 is 0.718 bits per heavy atom. The van der Waals surface area contributed by atoms with Crippen LogP contribution in [0.3, 0.4) is 0 Å². The molecule has 4 nitrogen and oxygen atoms in total. The van der Waals surface area contributed by atoms with Crippen molar-refractivity contribution in [3.8, 4) is 22.5 Å². The lowest BCUT2D eigenvalue weighted by molar-refractivity contribution is -0.137. The number of rotatable bonds is 14. The van der Waals surface area contributed by atoms with E-state index in [0.29, 0.717) is 12.3 Å². The summed E-state index contributed by atoms with van der Waals surface area (Å²) < 4.78 is 0. The molecule has 0 amide bonds. The Morgan fingerprint density at radius 3 is 1.79 bits per heavy atom. The Bertz CT molecular complexity index is 1070. The summed E-state index contributed by atoms with van der Waals surface area (Å²) in [5.74, 6) is 0.818. The average molecular weight is 529 g/mol. The fourth-order valence-corrected chi connectivity index (χ4v) is 5.27. The molecule has 1 fully saturated rings. The molecule has 0 saturated heterocycles. The van der Waals surface area contributed by atoms with E-state index in [1.165, 1.54) is 99.3 Å². The van der Waals surface area contributed by atoms with E-state index in [1.807, 2.05) is 12.4 Å². The fraction of sp³-hybridized carbons (Fsp3) is 0.514. The molecule has 2 aromatic carbocycles. The van der Waals surface area contributed by atoms with Gasteiger partial charge < -0.3 is 5.11 Å². The average Bonchev–Trinajstić information content (AvgIpc) is 3.51. The van der Waals surface area contributed by atoms with E-state index >= 15 is 0 Å². The van der Waals surface area contributed by atoms with Gasteiger partial charge in [0.2, 0.25) is 0 Å². The van der Waals surface area contributed by atoms with Crippen molar-refractivity contribution in [2.45, 2.75) is 116 Å². The number of nitrogens with zero attached hydrogens (tertiary/aromatic N) is 2. The lowest BCUT2D eigenvalue weighted by Crippen LogP contribution is -1.96. The van der Waals surface area contributed by atoms with Gasteiger partial charge in [0.05, 0.1) is 0 Å². The minimum Gasteiger partial charge on any atom is -0.481 e. The lowest BCUT2D eigenvalue weighted by Gasteiger charge is -2.09. The Kier molecular flexibility index (Phi) is 13.7. The monoisotopic (exact) mass is 528 g/mol. The van der Waals surface area contributed by atoms with Gasteiger partial charge in [0.25, 0.3) is 0 Å². The zero-order valence-electron chi connectivity index (χ0n) is 24.2. The van der Waals surface area contributed by atoms with Crippen LogP contribution >= 0.6 is 0 Å². The first-order valence-corrected chi connectivity index (χ1v) is 15.3. The van der Waals surface area contributed by atoms with E-state index in [-0.39, 0.29) is 0 Å². The molecule has 39 heavy (non-hydrogen) atoms. The maximum absolute atomic E-state index is 10.0. The molecule has 1 heterocycles. The van der Waals surface area contributed by atoms with E-state index in [0.717, 1.165) is 24.2 Å². The van der Waals surface area contributed by atoms with Gasteiger partial charge in [-0.05, 0) is 60.3 Å². The largest absolute Gasteiger partial charge is 0.481 e. The summed E-state index contributed by atoms with van der Waals surface area (Å²) in [6.07, 6.45) is 21.7. The summed E-state index contributed by atoms with van der Waals surface area (Å²) in [5.41, 5.74) is 6.34. The topological polar surface area (TPSA) is 63.1 Å². The molecule has 0 spiro atoms. The molecule has 0 bridgehead atoms. The molecule has 1 N–H and O–H groups in total. The van der Waals surface area contributed by atoms with E-state index < -0.39 is 5.97 Å². The van der Waals surface area contributed by atoms with E-state index in [2.05, 4.69) is 72.3 Å². The predicted octanol–water partition coefficient (Wildman–Crippen LogP) is 10.0. The highest BCUT2D eigenvalue weighted by molar-refractivity contribution is 5.68. The van der Waals surface area contributed by atoms with Crippen LogP contribution in [0.25, 0.3) is 22.5 Å². The summed E-state index contributed by atoms with van der Waals surface area (Å²) in [6, 6.07) is 17.7. The maximum atomic E-state index is 10.0. The van der Waals surface area contributed by atoms with Gasteiger partial charge in [-0.25, -0.2) is 9.97 Å². The molecule has 1 aliphatic carbocycles. The molecular formula is C35H48N2O2. The van der Waals surface area contributed by atoms with Crippen molar-refractivity contribution in [1.82, 2.24) is 9.97 Å². The minimum atomic E-state index is -0.670. The molecule has 1 aliphatic rings. The first-order chi connectivity index (χ1) is 19.1. The molecular weight excluding hydrogens is 480 g/mol. The van der Waals surface area contributed by atoms with Gasteiger partial charge in [0.15, 0.2) is 5.82 Å². The molecule has 1 saturated carbocycles. The molecule has 0 atom stereocenters. The van der Waals surface area contributed by atoms with E-state index in [1.54, 1.807) is 0 Å². The van der Waals surface area contributed by atoms with Crippen LogP contribution in [0.15, 0.2) is 60.9 Å². The van der Waals surface area contributed by atoms with E-state index in [9.17, 15) is 4.79 Å². The van der Waals surface area contributed by atoms with Crippen LogP contribution in [0.5, 0.6) is 0 Å². The van der Waals surface area contributed by atoms with Crippen LogP contribution in [0.2, 0.25) is 0 Å². The van der Waals surface area contributed by atoms with Gasteiger partial charge in [-0.15, -0.1) is 0 Å². The number of carboxylic acids is 1. The molecule has 3 aromatic rings. The zero-order valence-corrected chi connectivity index (χ0v) is 24.2. The van der Waals surface area contributed by atoms with Gasteiger partial charge in [-0.2, -0.15) is 0 Å². The van der Waals surface area contributed by atoms with Crippen LogP contribution in [0, 0.1) is 0 Å². The van der Waals surface area contributed by atoms with Crippen molar-refractivity contribution in [1.29, 1.82) is 0 Å². The number of benzene rings is 2. The van der Waals surface area contributed by atoms with Crippen molar-refractivity contribution in [3.05, 3.63) is 72.1 Å². The number of unbranched alkanes of at least 4 members (excludes halogenated alkanes) is 7.